The minimum Gasteiger partial charge on any atom is -0.407 e. The third-order valence-electron chi connectivity index (χ3n) is 3.87. The lowest BCUT2D eigenvalue weighted by atomic mass is 10.0. The zero-order chi connectivity index (χ0) is 11.3. The van der Waals surface area contributed by atoms with Crippen molar-refractivity contribution in [3.05, 3.63) is 5.89 Å². The molecule has 0 bridgehead atoms. The van der Waals surface area contributed by atoms with Crippen molar-refractivity contribution in [3.8, 4) is 0 Å². The number of halogens is 1. The van der Waals surface area contributed by atoms with E-state index in [1.165, 1.54) is 0 Å². The summed E-state index contributed by atoms with van der Waals surface area (Å²) in [6.07, 6.45) is 0. The summed E-state index contributed by atoms with van der Waals surface area (Å²) in [7, 11) is 0. The van der Waals surface area contributed by atoms with E-state index in [1.807, 2.05) is 0 Å². The Balaban J connectivity index is 2.06. The molecule has 1 aliphatic rings. The number of aromatic nitrogens is 2. The largest absolute Gasteiger partial charge is 0.407 e. The van der Waals surface area contributed by atoms with Gasteiger partial charge in [0.1, 0.15) is 5.88 Å². The highest BCUT2D eigenvalue weighted by Crippen LogP contribution is 2.63. The zero-order valence-corrected chi connectivity index (χ0v) is 10.2. The molecule has 2 rings (SSSR count). The van der Waals surface area contributed by atoms with Crippen LogP contribution in [-0.4, -0.2) is 16.2 Å². The van der Waals surface area contributed by atoms with Crippen LogP contribution in [0.1, 0.15) is 33.6 Å². The van der Waals surface area contributed by atoms with Crippen molar-refractivity contribution in [2.75, 3.05) is 5.32 Å². The first-order chi connectivity index (χ1) is 6.89. The van der Waals surface area contributed by atoms with E-state index in [0.717, 1.165) is 0 Å². The van der Waals surface area contributed by atoms with Gasteiger partial charge in [-0.05, 0) is 10.8 Å². The van der Waals surface area contributed by atoms with Gasteiger partial charge in [0.25, 0.3) is 0 Å². The number of nitrogens with one attached hydrogen (secondary N) is 1. The Labute approximate surface area is 94.4 Å². The van der Waals surface area contributed by atoms with E-state index >= 15 is 0 Å². The van der Waals surface area contributed by atoms with Gasteiger partial charge in [-0.25, -0.2) is 0 Å². The fraction of sp³-hybridized carbons (Fsp3) is 0.800. The summed E-state index contributed by atoms with van der Waals surface area (Å²) in [5.41, 5.74) is 0.505. The highest BCUT2D eigenvalue weighted by molar-refractivity contribution is 6.16. The molecule has 0 aromatic carbocycles. The first-order valence-electron chi connectivity index (χ1n) is 5.04. The summed E-state index contributed by atoms with van der Waals surface area (Å²) >= 11 is 5.58. The fourth-order valence-electron chi connectivity index (χ4n) is 2.05. The summed E-state index contributed by atoms with van der Waals surface area (Å²) in [5.74, 6) is 0.710. The van der Waals surface area contributed by atoms with Gasteiger partial charge in [-0.2, -0.15) is 0 Å². The maximum atomic E-state index is 5.58. The van der Waals surface area contributed by atoms with Crippen molar-refractivity contribution in [2.24, 2.45) is 10.8 Å². The van der Waals surface area contributed by atoms with Crippen molar-refractivity contribution in [1.82, 2.24) is 10.2 Å². The lowest BCUT2D eigenvalue weighted by molar-refractivity contribution is 0.457. The Morgan fingerprint density at radius 3 is 2.27 bits per heavy atom. The summed E-state index contributed by atoms with van der Waals surface area (Å²) in [5, 5.41) is 10.9. The van der Waals surface area contributed by atoms with Gasteiger partial charge in [0.05, 0.1) is 0 Å². The molecule has 5 heteroatoms. The summed E-state index contributed by atoms with van der Waals surface area (Å²) in [4.78, 5) is 0. The molecule has 0 atom stereocenters. The fourth-order valence-corrected chi connectivity index (χ4v) is 2.15. The Bertz CT molecular complexity index is 358. The molecule has 0 spiro atoms. The van der Waals surface area contributed by atoms with Crippen LogP contribution in [-0.2, 0) is 5.88 Å². The monoisotopic (exact) mass is 229 g/mol. The van der Waals surface area contributed by atoms with Crippen LogP contribution >= 0.6 is 11.6 Å². The second kappa shape index (κ2) is 3.11. The third-order valence-corrected chi connectivity index (χ3v) is 4.10. The van der Waals surface area contributed by atoms with Crippen LogP contribution in [0.15, 0.2) is 4.42 Å². The van der Waals surface area contributed by atoms with Gasteiger partial charge in [0, 0.05) is 6.04 Å². The molecule has 0 aliphatic heterocycles. The number of anilines is 1. The van der Waals surface area contributed by atoms with Crippen molar-refractivity contribution < 1.29 is 4.42 Å². The molecule has 1 aromatic rings. The predicted molar refractivity (Wildman–Crippen MR) is 58.8 cm³/mol. The lowest BCUT2D eigenvalue weighted by Gasteiger charge is -2.02. The van der Waals surface area contributed by atoms with E-state index in [4.69, 9.17) is 16.0 Å². The number of hydrogen-bond acceptors (Lipinski definition) is 4. The van der Waals surface area contributed by atoms with Crippen LogP contribution in [0.2, 0.25) is 0 Å². The third kappa shape index (κ3) is 1.51. The van der Waals surface area contributed by atoms with Crippen LogP contribution in [0.5, 0.6) is 0 Å². The van der Waals surface area contributed by atoms with Crippen LogP contribution < -0.4 is 5.32 Å². The predicted octanol–water partition coefficient (Wildman–Crippen LogP) is 2.65. The second-order valence-electron chi connectivity index (χ2n) is 5.16. The quantitative estimate of drug-likeness (QED) is 0.810. The highest BCUT2D eigenvalue weighted by Gasteiger charge is 2.65. The molecular weight excluding hydrogens is 214 g/mol. The van der Waals surface area contributed by atoms with E-state index in [1.54, 1.807) is 0 Å². The van der Waals surface area contributed by atoms with Crippen molar-refractivity contribution >= 4 is 17.6 Å². The number of nitrogens with zero attached hydrogens (tertiary/aromatic N) is 2. The number of rotatable bonds is 3. The Morgan fingerprint density at radius 1 is 1.27 bits per heavy atom. The normalized spacial score (nSPS) is 22.7. The van der Waals surface area contributed by atoms with Crippen LogP contribution in [0.3, 0.4) is 0 Å². The molecule has 0 amide bonds. The van der Waals surface area contributed by atoms with Gasteiger partial charge in [-0.1, -0.05) is 32.8 Å². The average molecular weight is 230 g/mol. The van der Waals surface area contributed by atoms with Crippen molar-refractivity contribution in [1.29, 1.82) is 0 Å². The summed E-state index contributed by atoms with van der Waals surface area (Å²) < 4.78 is 5.30. The number of alkyl halides is 1. The van der Waals surface area contributed by atoms with E-state index in [2.05, 4.69) is 43.2 Å². The molecule has 15 heavy (non-hydrogen) atoms. The molecule has 1 fully saturated rings. The standard InChI is InChI=1S/C10H16ClN3O/c1-9(2)7(10(9,3)4)12-8-14-13-6(5-11)15-8/h7H,5H2,1-4H3,(H,12,14). The molecule has 0 saturated heterocycles. The second-order valence-corrected chi connectivity index (χ2v) is 5.42. The van der Waals surface area contributed by atoms with E-state index in [0.29, 0.717) is 17.9 Å². The van der Waals surface area contributed by atoms with Crippen molar-refractivity contribution in [3.63, 3.8) is 0 Å². The molecule has 0 unspecified atom stereocenters. The van der Waals surface area contributed by atoms with Gasteiger partial charge in [0.2, 0.25) is 5.89 Å². The smallest absolute Gasteiger partial charge is 0.315 e. The molecule has 1 saturated carbocycles. The van der Waals surface area contributed by atoms with E-state index in [-0.39, 0.29) is 16.7 Å². The zero-order valence-electron chi connectivity index (χ0n) is 9.47. The van der Waals surface area contributed by atoms with Crippen molar-refractivity contribution in [2.45, 2.75) is 39.6 Å². The minimum atomic E-state index is 0.253. The Kier molecular flexibility index (Phi) is 2.23. The Morgan fingerprint density at radius 2 is 1.87 bits per heavy atom. The summed E-state index contributed by atoms with van der Waals surface area (Å²) in [6, 6.07) is 0.836. The number of hydrogen-bond donors (Lipinski definition) is 1. The molecular formula is C10H16ClN3O. The van der Waals surface area contributed by atoms with Gasteiger partial charge < -0.3 is 9.73 Å². The Hall–Kier alpha value is -0.770. The molecule has 1 heterocycles. The minimum absolute atomic E-state index is 0.253. The first kappa shape index (κ1) is 10.7. The molecule has 4 nitrogen and oxygen atoms in total. The molecule has 1 aliphatic carbocycles. The highest BCUT2D eigenvalue weighted by atomic mass is 35.5. The van der Waals surface area contributed by atoms with Gasteiger partial charge in [-0.15, -0.1) is 16.7 Å². The lowest BCUT2D eigenvalue weighted by Crippen LogP contribution is -2.10. The molecule has 1 aromatic heterocycles. The summed E-state index contributed by atoms with van der Waals surface area (Å²) in [6.45, 7) is 8.90. The molecule has 0 radical (unpaired) electrons. The van der Waals surface area contributed by atoms with Gasteiger partial charge in [0.15, 0.2) is 0 Å². The van der Waals surface area contributed by atoms with Crippen LogP contribution in [0.25, 0.3) is 0 Å². The van der Waals surface area contributed by atoms with Crippen LogP contribution in [0, 0.1) is 10.8 Å². The van der Waals surface area contributed by atoms with Crippen LogP contribution in [0.4, 0.5) is 6.01 Å². The topological polar surface area (TPSA) is 51.0 Å². The molecule has 1 N–H and O–H groups in total. The average Bonchev–Trinajstić information content (AvgIpc) is 2.60. The van der Waals surface area contributed by atoms with E-state index < -0.39 is 0 Å². The van der Waals surface area contributed by atoms with Gasteiger partial charge in [-0.3, -0.25) is 0 Å². The van der Waals surface area contributed by atoms with E-state index in [9.17, 15) is 0 Å². The molecule has 84 valence electrons. The maximum absolute atomic E-state index is 5.58. The van der Waals surface area contributed by atoms with Gasteiger partial charge >= 0.3 is 6.01 Å². The first-order valence-corrected chi connectivity index (χ1v) is 5.58. The maximum Gasteiger partial charge on any atom is 0.315 e. The SMILES string of the molecule is CC1(C)C(Nc2nnc(CCl)o2)C1(C)C.